The minimum atomic E-state index is 0.462. The summed E-state index contributed by atoms with van der Waals surface area (Å²) in [6, 6.07) is 6.03. The van der Waals surface area contributed by atoms with Gasteiger partial charge in [-0.1, -0.05) is 0 Å². The molecule has 0 atom stereocenters. The van der Waals surface area contributed by atoms with Crippen LogP contribution < -0.4 is 4.74 Å². The second-order valence-corrected chi connectivity index (χ2v) is 5.49. The van der Waals surface area contributed by atoms with E-state index in [1.807, 2.05) is 12.1 Å². The van der Waals surface area contributed by atoms with E-state index in [4.69, 9.17) is 4.74 Å². The molecule has 0 aliphatic rings. The van der Waals surface area contributed by atoms with Gasteiger partial charge in [0, 0.05) is 0 Å². The predicted octanol–water partition coefficient (Wildman–Crippen LogP) is 1.64. The molecule has 0 saturated carbocycles. The first-order valence-electron chi connectivity index (χ1n) is 3.13. The molecule has 0 fully saturated rings. The van der Waals surface area contributed by atoms with Crippen LogP contribution in [0.25, 0.3) is 9.78 Å². The Morgan fingerprint density at radius 3 is 3.27 bits per heavy atom. The summed E-state index contributed by atoms with van der Waals surface area (Å²) in [7, 11) is 3.34. The van der Waals surface area contributed by atoms with E-state index in [1.54, 1.807) is 17.0 Å². The van der Waals surface area contributed by atoms with Gasteiger partial charge in [0.1, 0.15) is 0 Å². The van der Waals surface area contributed by atoms with Crippen molar-refractivity contribution >= 4 is 33.0 Å². The second kappa shape index (κ2) is 2.89. The maximum atomic E-state index is 5.10. The molecular formula is C7H6NOSSe+. The van der Waals surface area contributed by atoms with E-state index in [9.17, 15) is 0 Å². The fourth-order valence-electron chi connectivity index (χ4n) is 0.863. The fourth-order valence-corrected chi connectivity index (χ4v) is 4.05. The number of benzene rings is 1. The Balaban J connectivity index is 2.67. The average molecular weight is 231 g/mol. The molecule has 1 aromatic heterocycles. The number of methoxy groups -OCH3 is 1. The Kier molecular flexibility index (Phi) is 1.90. The molecule has 1 heterocycles. The second-order valence-electron chi connectivity index (χ2n) is 2.08. The molecule has 0 amide bonds. The van der Waals surface area contributed by atoms with Gasteiger partial charge < -0.3 is 0 Å². The molecule has 2 rings (SSSR count). The van der Waals surface area contributed by atoms with E-state index in [2.05, 4.69) is 10.4 Å². The monoisotopic (exact) mass is 232 g/mol. The number of rotatable bonds is 1. The van der Waals surface area contributed by atoms with Gasteiger partial charge in [-0.05, 0) is 0 Å². The SMILES string of the molecule is COc1ccc2n[s+][se]c2c1. The first-order valence-corrected chi connectivity index (χ1v) is 6.78. The van der Waals surface area contributed by atoms with E-state index in [0.717, 1.165) is 11.3 Å². The molecule has 1 aromatic carbocycles. The number of fused-ring (bicyclic) bond motifs is 1. The van der Waals surface area contributed by atoms with Gasteiger partial charge in [0.2, 0.25) is 0 Å². The molecule has 2 nitrogen and oxygen atoms in total. The topological polar surface area (TPSA) is 22.1 Å². The van der Waals surface area contributed by atoms with Crippen molar-refractivity contribution in [2.24, 2.45) is 0 Å². The number of nitrogens with zero attached hydrogens (tertiary/aromatic N) is 1. The summed E-state index contributed by atoms with van der Waals surface area (Å²) >= 11 is 0.462. The zero-order chi connectivity index (χ0) is 7.68. The van der Waals surface area contributed by atoms with Gasteiger partial charge in [-0.3, -0.25) is 0 Å². The quantitative estimate of drug-likeness (QED) is 0.550. The van der Waals surface area contributed by atoms with Crippen LogP contribution in [0.1, 0.15) is 0 Å². The molecule has 4 heteroatoms. The number of hydrogen-bond donors (Lipinski definition) is 0. The van der Waals surface area contributed by atoms with Gasteiger partial charge in [0.15, 0.2) is 0 Å². The maximum absolute atomic E-state index is 5.10. The van der Waals surface area contributed by atoms with Gasteiger partial charge in [-0.2, -0.15) is 0 Å². The van der Waals surface area contributed by atoms with Gasteiger partial charge in [0.05, 0.1) is 0 Å². The Hall–Kier alpha value is -0.441. The van der Waals surface area contributed by atoms with Crippen LogP contribution in [0.5, 0.6) is 5.75 Å². The molecular weight excluding hydrogens is 225 g/mol. The van der Waals surface area contributed by atoms with Crippen LogP contribution in [0, 0.1) is 0 Å². The Morgan fingerprint density at radius 2 is 2.45 bits per heavy atom. The van der Waals surface area contributed by atoms with Crippen LogP contribution in [-0.4, -0.2) is 24.8 Å². The van der Waals surface area contributed by atoms with Crippen LogP contribution in [0.4, 0.5) is 0 Å². The molecule has 0 spiro atoms. The van der Waals surface area contributed by atoms with Crippen LogP contribution in [-0.2, 0) is 0 Å². The standard InChI is InChI=1S/C7H6NOSSe/c1-9-5-2-3-6-7(4-5)11-10-8-6/h2-4H,1H3/q+1. The molecule has 0 unspecified atom stereocenters. The molecule has 0 bridgehead atoms. The summed E-state index contributed by atoms with van der Waals surface area (Å²) in [5.41, 5.74) is 1.12. The van der Waals surface area contributed by atoms with Crippen molar-refractivity contribution in [3.63, 3.8) is 0 Å². The van der Waals surface area contributed by atoms with Gasteiger partial charge >= 0.3 is 73.2 Å². The number of ether oxygens (including phenoxy) is 1. The van der Waals surface area contributed by atoms with Crippen LogP contribution in [0.15, 0.2) is 18.2 Å². The normalized spacial score (nSPS) is 10.3. The third-order valence-electron chi connectivity index (χ3n) is 1.43. The summed E-state index contributed by atoms with van der Waals surface area (Å²) in [5.74, 6) is 0.934. The molecule has 11 heavy (non-hydrogen) atoms. The van der Waals surface area contributed by atoms with Crippen molar-refractivity contribution in [3.8, 4) is 5.75 Å². The van der Waals surface area contributed by atoms with Crippen LogP contribution >= 0.6 is 9.91 Å². The van der Waals surface area contributed by atoms with E-state index >= 15 is 0 Å². The molecule has 0 radical (unpaired) electrons. The van der Waals surface area contributed by atoms with E-state index in [1.165, 1.54) is 4.26 Å². The molecule has 56 valence electrons. The van der Waals surface area contributed by atoms with Crippen molar-refractivity contribution in [1.82, 2.24) is 4.37 Å². The third kappa shape index (κ3) is 1.29. The van der Waals surface area contributed by atoms with E-state index < -0.39 is 0 Å². The van der Waals surface area contributed by atoms with E-state index in [0.29, 0.717) is 13.3 Å². The minimum absolute atomic E-state index is 0.462. The Morgan fingerprint density at radius 1 is 1.55 bits per heavy atom. The van der Waals surface area contributed by atoms with Crippen LogP contribution in [0.3, 0.4) is 0 Å². The molecule has 0 aliphatic carbocycles. The van der Waals surface area contributed by atoms with Crippen molar-refractivity contribution in [3.05, 3.63) is 18.2 Å². The van der Waals surface area contributed by atoms with Gasteiger partial charge in [-0.15, -0.1) is 0 Å². The summed E-state index contributed by atoms with van der Waals surface area (Å²) in [5, 5.41) is 0. The van der Waals surface area contributed by atoms with Gasteiger partial charge in [-0.25, -0.2) is 0 Å². The van der Waals surface area contributed by atoms with Crippen LogP contribution in [0.2, 0.25) is 0 Å². The molecule has 0 saturated heterocycles. The van der Waals surface area contributed by atoms with Crippen molar-refractivity contribution < 1.29 is 4.74 Å². The van der Waals surface area contributed by atoms with Crippen molar-refractivity contribution in [2.75, 3.05) is 7.11 Å². The molecule has 0 aliphatic heterocycles. The molecule has 0 N–H and O–H groups in total. The number of hydrogen-bond acceptors (Lipinski definition) is 2. The third-order valence-corrected chi connectivity index (χ3v) is 4.71. The Labute approximate surface area is 73.4 Å². The summed E-state index contributed by atoms with van der Waals surface area (Å²) in [6.45, 7) is 0. The van der Waals surface area contributed by atoms with Crippen molar-refractivity contribution in [1.29, 1.82) is 0 Å². The predicted molar refractivity (Wildman–Crippen MR) is 47.5 cm³/mol. The fraction of sp³-hybridized carbons (Fsp3) is 0.143. The summed E-state index contributed by atoms with van der Waals surface area (Å²) in [4.78, 5) is 0. The summed E-state index contributed by atoms with van der Waals surface area (Å²) in [6.07, 6.45) is 0. The average Bonchev–Trinajstić information content (AvgIpc) is 2.50. The molecule has 2 aromatic rings. The van der Waals surface area contributed by atoms with Gasteiger partial charge in [0.25, 0.3) is 0 Å². The summed E-state index contributed by atoms with van der Waals surface area (Å²) < 4.78 is 10.7. The van der Waals surface area contributed by atoms with Crippen molar-refractivity contribution in [2.45, 2.75) is 0 Å². The Bertz CT molecular complexity index is 373. The first-order chi connectivity index (χ1) is 5.40. The zero-order valence-corrected chi connectivity index (χ0v) is 8.43. The zero-order valence-electron chi connectivity index (χ0n) is 5.90. The van der Waals surface area contributed by atoms with E-state index in [-0.39, 0.29) is 0 Å². The number of aromatic nitrogens is 1. The first kappa shape index (κ1) is 7.22.